The van der Waals surface area contributed by atoms with Gasteiger partial charge in [0.2, 0.25) is 5.69 Å². The van der Waals surface area contributed by atoms with Crippen molar-refractivity contribution < 1.29 is 28.0 Å². The van der Waals surface area contributed by atoms with E-state index in [1.54, 1.807) is 6.11 Å². The lowest BCUT2D eigenvalue weighted by molar-refractivity contribution is -0.440. The second-order valence-corrected chi connectivity index (χ2v) is 19.1. The van der Waals surface area contributed by atoms with Gasteiger partial charge in [-0.15, -0.1) is 0 Å². The molecule has 336 valence electrons. The summed E-state index contributed by atoms with van der Waals surface area (Å²) in [5.74, 6) is 10.9. The summed E-state index contributed by atoms with van der Waals surface area (Å²) in [7, 11) is 0. The minimum Gasteiger partial charge on any atom is -0.492 e. The second-order valence-electron chi connectivity index (χ2n) is 19.1. The van der Waals surface area contributed by atoms with Gasteiger partial charge in [0, 0.05) is 79.7 Å². The van der Waals surface area contributed by atoms with Gasteiger partial charge in [-0.2, -0.15) is 4.58 Å². The lowest BCUT2D eigenvalue weighted by Gasteiger charge is -2.33. The summed E-state index contributed by atoms with van der Waals surface area (Å²) in [4.78, 5) is 2.48. The van der Waals surface area contributed by atoms with Gasteiger partial charge in [0.25, 0.3) is 0 Å². The molecule has 0 amide bonds. The molecule has 0 atom stereocenters. The Morgan fingerprint density at radius 2 is 1.31 bits per heavy atom. The number of nitrogens with zero attached hydrogens (tertiary/aromatic N) is 2. The van der Waals surface area contributed by atoms with Gasteiger partial charge >= 0.3 is 0 Å². The van der Waals surface area contributed by atoms with Gasteiger partial charge in [-0.25, -0.2) is 0 Å². The maximum atomic E-state index is 8.71. The van der Waals surface area contributed by atoms with E-state index >= 15 is 0 Å². The van der Waals surface area contributed by atoms with Gasteiger partial charge in [0.15, 0.2) is 18.9 Å². The Kier molecular flexibility index (Phi) is 12.0. The summed E-state index contributed by atoms with van der Waals surface area (Å²) < 4.78 is 27.4. The number of furan rings is 2. The van der Waals surface area contributed by atoms with Crippen molar-refractivity contribution in [1.29, 1.82) is 0 Å². The molecule has 2 aliphatic heterocycles. The van der Waals surface area contributed by atoms with E-state index in [0.717, 1.165) is 68.2 Å². The van der Waals surface area contributed by atoms with Gasteiger partial charge in [0.1, 0.15) is 46.9 Å². The number of rotatable bonds is 9. The first-order valence-electron chi connectivity index (χ1n) is 23.3. The highest BCUT2D eigenvalue weighted by atomic mass is 16.5. The van der Waals surface area contributed by atoms with E-state index in [1.165, 1.54) is 39.4 Å². The van der Waals surface area contributed by atoms with Gasteiger partial charge in [-0.05, 0) is 97.4 Å². The number of aliphatic hydroxyl groups is 1. The topological polar surface area (TPSA) is 71.2 Å². The first-order chi connectivity index (χ1) is 32.4. The minimum atomic E-state index is -0.352. The number of anilines is 1. The van der Waals surface area contributed by atoms with Crippen molar-refractivity contribution in [3.8, 4) is 41.6 Å². The summed E-state index contributed by atoms with van der Waals surface area (Å²) >= 11 is 0. The van der Waals surface area contributed by atoms with Crippen LogP contribution in [0.2, 0.25) is 0 Å². The summed E-state index contributed by atoms with van der Waals surface area (Å²) in [6, 6.07) is 35.7. The predicted molar refractivity (Wildman–Crippen MR) is 272 cm³/mol. The van der Waals surface area contributed by atoms with Crippen LogP contribution in [0.25, 0.3) is 43.9 Å². The van der Waals surface area contributed by atoms with Crippen LogP contribution in [0.4, 0.5) is 11.4 Å². The maximum Gasteiger partial charge on any atom is 0.210 e. The van der Waals surface area contributed by atoms with Crippen molar-refractivity contribution in [2.45, 2.75) is 79.1 Å². The zero-order valence-electron chi connectivity index (χ0n) is 39.8. The Hall–Kier alpha value is -7.53. The fraction of sp³-hybridized carbons (Fsp3) is 0.283. The molecule has 0 radical (unpaired) electrons. The third-order valence-corrected chi connectivity index (χ3v) is 13.3. The van der Waals surface area contributed by atoms with Crippen LogP contribution in [0, 0.1) is 41.3 Å². The average molecular weight is 886 g/mol. The summed E-state index contributed by atoms with van der Waals surface area (Å²) in [5.41, 5.74) is 12.7. The molecule has 0 unspecified atom stereocenters. The lowest BCUT2D eigenvalue weighted by atomic mass is 9.73. The first-order valence-corrected chi connectivity index (χ1v) is 23.3. The number of ether oxygens (including phenoxy) is 2. The molecule has 0 bridgehead atoms. The number of fused-ring (bicyclic) bond motifs is 8. The maximum absolute atomic E-state index is 8.71. The highest BCUT2D eigenvalue weighted by Crippen LogP contribution is 2.52. The Morgan fingerprint density at radius 3 is 2.01 bits per heavy atom. The zero-order chi connectivity index (χ0) is 46.9. The van der Waals surface area contributed by atoms with Gasteiger partial charge in [0.05, 0.1) is 12.0 Å². The van der Waals surface area contributed by atoms with Crippen molar-refractivity contribution in [2.24, 2.45) is 5.41 Å². The quantitative estimate of drug-likeness (QED) is 0.0885. The van der Waals surface area contributed by atoms with Gasteiger partial charge in [-0.3, -0.25) is 0 Å². The smallest absolute Gasteiger partial charge is 0.210 e. The molecule has 7 nitrogen and oxygen atoms in total. The van der Waals surface area contributed by atoms with E-state index in [-0.39, 0.29) is 16.2 Å². The molecule has 7 aromatic rings. The summed E-state index contributed by atoms with van der Waals surface area (Å²) in [6.07, 6.45) is 13.6. The average Bonchev–Trinajstić information content (AvgIpc) is 3.99. The van der Waals surface area contributed by atoms with E-state index in [4.69, 9.17) is 23.4 Å². The summed E-state index contributed by atoms with van der Waals surface area (Å²) in [6.45, 7) is 20.2. The van der Waals surface area contributed by atoms with Crippen molar-refractivity contribution in [2.75, 3.05) is 31.2 Å². The van der Waals surface area contributed by atoms with Crippen molar-refractivity contribution in [3.05, 3.63) is 149 Å². The third-order valence-electron chi connectivity index (χ3n) is 13.3. The fourth-order valence-electron chi connectivity index (χ4n) is 10.3. The van der Waals surface area contributed by atoms with Crippen LogP contribution in [0.5, 0.6) is 5.75 Å². The Morgan fingerprint density at radius 1 is 0.672 bits per heavy atom. The number of hydrogen-bond acceptors (Lipinski definition) is 6. The van der Waals surface area contributed by atoms with Gasteiger partial charge in [-0.1, -0.05) is 102 Å². The largest absolute Gasteiger partial charge is 0.492 e. The standard InChI is InChI=1S/C58H50N2O5.C2H6/c1-56(2)37-39(31-54-57(3,4)46-35-52-44(42-20-12-14-22-50(42)64-52)33-48(46)59(54)24-28-62-27-17-8-7-16-26-61)30-40(38-56)32-55-58(5,6)47-36-53-45(43-21-13-15-23-51(43)65-53)34-49(47)60(55)25-29-63-41-18-10-9-11-19-41;1-2/h9-15,18-23,30-36H,24-25,28-29,37-38H2,1-6H3;1-2H3/p+1. The molecule has 5 aromatic carbocycles. The van der Waals surface area contributed by atoms with E-state index in [1.807, 2.05) is 68.4 Å². The normalized spacial score (nSPS) is 17.5. The fourth-order valence-corrected chi connectivity index (χ4v) is 10.3. The molecule has 3 aliphatic rings. The molecule has 67 heavy (non-hydrogen) atoms. The Balaban J connectivity index is 0.00000278. The minimum absolute atomic E-state index is 0.00238. The van der Waals surface area contributed by atoms with Crippen LogP contribution in [-0.2, 0) is 15.6 Å². The molecular weight excluding hydrogens is 829 g/mol. The van der Waals surface area contributed by atoms with Crippen LogP contribution in [0.3, 0.4) is 0 Å². The molecule has 1 aliphatic carbocycles. The lowest BCUT2D eigenvalue weighted by Crippen LogP contribution is -2.31. The molecule has 7 heteroatoms. The predicted octanol–water partition coefficient (Wildman–Crippen LogP) is 13.6. The molecule has 1 N–H and O–H groups in total. The SMILES string of the molecule is CC.CC1(C)CC(C=C2N(CCOc3ccccc3)c3cc4c(cc3C2(C)C)oc2ccccc24)=CC(=CC2=[N+](CCOC#CC#CC#CO)c3cc4c(cc3C2(C)C)oc2ccccc24)C1. The molecule has 0 spiro atoms. The summed E-state index contributed by atoms with van der Waals surface area (Å²) in [5, 5.41) is 13.1. The van der Waals surface area contributed by atoms with Crippen LogP contribution < -0.4 is 9.64 Å². The number of benzene rings is 5. The third kappa shape index (κ3) is 8.46. The monoisotopic (exact) mass is 885 g/mol. The highest BCUT2D eigenvalue weighted by molar-refractivity contribution is 6.10. The molecular formula is C60H57N2O5+. The second kappa shape index (κ2) is 18.0. The number of para-hydroxylation sites is 3. The van der Waals surface area contributed by atoms with E-state index in [9.17, 15) is 0 Å². The van der Waals surface area contributed by atoms with Crippen LogP contribution in [-0.4, -0.2) is 41.7 Å². The number of allylic oxidation sites excluding steroid dienone is 6. The zero-order valence-corrected chi connectivity index (χ0v) is 39.8. The van der Waals surface area contributed by atoms with Crippen LogP contribution in [0.15, 0.2) is 147 Å². The van der Waals surface area contributed by atoms with E-state index < -0.39 is 0 Å². The molecule has 0 saturated heterocycles. The van der Waals surface area contributed by atoms with Crippen LogP contribution >= 0.6 is 0 Å². The van der Waals surface area contributed by atoms with Crippen molar-refractivity contribution >= 4 is 61.0 Å². The molecule has 2 aromatic heterocycles. The van der Waals surface area contributed by atoms with Crippen LogP contribution in [0.1, 0.15) is 79.4 Å². The molecule has 0 fully saturated rings. The first kappa shape index (κ1) is 44.7. The molecule has 10 rings (SSSR count). The van der Waals surface area contributed by atoms with E-state index in [2.05, 4.69) is 148 Å². The molecule has 4 heterocycles. The van der Waals surface area contributed by atoms with Gasteiger partial charge < -0.3 is 28.3 Å². The Bertz CT molecular complexity index is 3390. The number of aliphatic hydroxyl groups excluding tert-OH is 1. The Labute approximate surface area is 394 Å². The number of hydrogen-bond donors (Lipinski definition) is 1. The van der Waals surface area contributed by atoms with E-state index in [0.29, 0.717) is 26.3 Å². The van der Waals surface area contributed by atoms with Crippen molar-refractivity contribution in [1.82, 2.24) is 0 Å². The highest BCUT2D eigenvalue weighted by Gasteiger charge is 2.46. The van der Waals surface area contributed by atoms with Crippen molar-refractivity contribution in [3.63, 3.8) is 0 Å². The molecule has 0 saturated carbocycles.